The molecule has 0 bridgehead atoms. The maximum atomic E-state index is 15.0. The minimum atomic E-state index is -8.70. The van der Waals surface area contributed by atoms with Gasteiger partial charge >= 0.3 is 53.7 Å². The van der Waals surface area contributed by atoms with Crippen LogP contribution in [0.15, 0.2) is 72.8 Å². The number of anilines is 1. The predicted molar refractivity (Wildman–Crippen MR) is 216 cm³/mol. The number of carbonyl (C=O) groups is 2. The summed E-state index contributed by atoms with van der Waals surface area (Å²) in [6, 6.07) is 10.9. The number of benzene rings is 2. The highest BCUT2D eigenvalue weighted by molar-refractivity contribution is 6.76. The third-order valence-corrected chi connectivity index (χ3v) is 16.7. The molecule has 0 aliphatic carbocycles. The molecule has 2 amide bonds. The smallest absolute Gasteiger partial charge is 0.460 e. The summed E-state index contributed by atoms with van der Waals surface area (Å²) in [6.45, 7) is 6.10. The zero-order valence-corrected chi connectivity index (χ0v) is 38.3. The van der Waals surface area contributed by atoms with Gasteiger partial charge in [-0.25, -0.2) is 10.3 Å². The van der Waals surface area contributed by atoms with E-state index in [1.54, 1.807) is 43.3 Å². The Morgan fingerprint density at radius 2 is 1.16 bits per heavy atom. The highest BCUT2D eigenvalue weighted by Gasteiger charge is 2.95. The molecule has 0 aliphatic rings. The van der Waals surface area contributed by atoms with Crippen LogP contribution in [0.4, 0.5) is 85.1 Å². The van der Waals surface area contributed by atoms with Gasteiger partial charge in [-0.3, -0.25) is 15.3 Å². The molecule has 0 saturated carbocycles. The zero-order chi connectivity index (χ0) is 53.2. The molecule has 0 heterocycles. The van der Waals surface area contributed by atoms with Crippen molar-refractivity contribution in [3.05, 3.63) is 78.4 Å². The third-order valence-electron chi connectivity index (χ3n) is 11.0. The Hall–Kier alpha value is -4.79. The van der Waals surface area contributed by atoms with Gasteiger partial charge in [0.2, 0.25) is 0 Å². The molecule has 9 nitrogen and oxygen atoms in total. The molecule has 0 radical (unpaired) electrons. The number of allylic oxidation sites excluding steroid dienone is 3. The number of carbonyl (C=O) groups excluding carboxylic acids is 2. The fourth-order valence-corrected chi connectivity index (χ4v) is 11.3. The minimum absolute atomic E-state index is 0.129. The molecule has 2 rings (SSSR count). The van der Waals surface area contributed by atoms with Gasteiger partial charge < -0.3 is 18.6 Å². The van der Waals surface area contributed by atoms with Crippen LogP contribution in [0, 0.1) is 5.92 Å². The molecule has 0 saturated heterocycles. The van der Waals surface area contributed by atoms with E-state index in [0.29, 0.717) is 29.8 Å². The van der Waals surface area contributed by atoms with E-state index in [2.05, 4.69) is 5.32 Å². The third kappa shape index (κ3) is 13.1. The van der Waals surface area contributed by atoms with E-state index in [4.69, 9.17) is 23.8 Å². The lowest BCUT2D eigenvalue weighted by Gasteiger charge is -2.44. The summed E-state index contributed by atoms with van der Waals surface area (Å²) in [4.78, 5) is 24.2. The molecule has 2 atom stereocenters. The molecule has 0 fully saturated rings. The molecule has 0 unspecified atom stereocenters. The number of ether oxygens (including phenoxy) is 3. The average Bonchev–Trinajstić information content (AvgIpc) is 3.25. The summed E-state index contributed by atoms with van der Waals surface area (Å²) in [7, 11) is -2.57. The molecule has 69 heavy (non-hydrogen) atoms. The van der Waals surface area contributed by atoms with Crippen LogP contribution in [0.1, 0.15) is 65.5 Å². The molecular weight excluding hydrogens is 996 g/mol. The van der Waals surface area contributed by atoms with E-state index in [1.807, 2.05) is 0 Å². The van der Waals surface area contributed by atoms with Gasteiger partial charge in [-0.05, 0) is 77.8 Å². The molecule has 3 N–H and O–H groups in total. The van der Waals surface area contributed by atoms with Crippen LogP contribution in [-0.4, -0.2) is 93.5 Å². The lowest BCUT2D eigenvalue weighted by molar-refractivity contribution is -0.461. The Morgan fingerprint density at radius 3 is 1.64 bits per heavy atom. The summed E-state index contributed by atoms with van der Waals surface area (Å²) in [5.74, 6) is -57.3. The molecule has 0 aromatic heterocycles. The van der Waals surface area contributed by atoms with Crippen LogP contribution >= 0.6 is 0 Å². The fraction of sp³-hybridized carbons (Fsp3) is 0.571. The molecule has 392 valence electrons. The van der Waals surface area contributed by atoms with Crippen molar-refractivity contribution in [2.75, 3.05) is 25.6 Å². The molecule has 0 aliphatic heterocycles. The quantitative estimate of drug-likeness (QED) is 0.0163. The van der Waals surface area contributed by atoms with E-state index >= 15 is 8.78 Å². The van der Waals surface area contributed by atoms with Crippen molar-refractivity contribution in [2.45, 2.75) is 125 Å². The predicted octanol–water partition coefficient (Wildman–Crippen LogP) is 13.6. The number of rotatable bonds is 26. The number of methoxy groups -OCH3 is 1. The topological polar surface area (TPSA) is 115 Å². The number of nitrogens with one attached hydrogen (secondary N) is 2. The summed E-state index contributed by atoms with van der Waals surface area (Å²) < 4.78 is 259. The number of hydrogen-bond donors (Lipinski definition) is 3. The number of alkyl halides is 17. The van der Waals surface area contributed by atoms with E-state index in [1.165, 1.54) is 70.6 Å². The highest BCUT2D eigenvalue weighted by Crippen LogP contribution is 2.64. The largest absolute Gasteiger partial charge is 0.497 e. The summed E-state index contributed by atoms with van der Waals surface area (Å²) in [6.07, 6.45) is -5.57. The van der Waals surface area contributed by atoms with Crippen molar-refractivity contribution in [1.82, 2.24) is 5.48 Å². The van der Waals surface area contributed by atoms with Gasteiger partial charge in [-0.15, -0.1) is 0 Å². The highest BCUT2D eigenvalue weighted by atomic mass is 28.4. The summed E-state index contributed by atoms with van der Waals surface area (Å²) >= 11 is 0. The van der Waals surface area contributed by atoms with Gasteiger partial charge in [0.1, 0.15) is 24.2 Å². The number of amides is 2. The van der Waals surface area contributed by atoms with Gasteiger partial charge in [0.05, 0.1) is 13.7 Å². The standard InChI is InChI=1S/C42H49F17N2O7Si/c1-25(2)69(26(3)4,24-21-35(43,44)36(45,46)37(47,48)38(49,50)39(51,52)40(53,54)41(55,56)42(57,58)59)67-23-22-66-31-17-13-28(14-18-31)33(27(5)11-9-7-8-10-12-32(62)61-64)68-34(63)60-29-15-19-30(65-6)20-16-29/h7-8,10,12-20,25-27,33,64H,9,11,21-24H2,1-6H3,(H,60,63)(H,61,62)/b8-7+,12-10+/t27-,33+/m1/s1. The molecule has 27 heteroatoms. The van der Waals surface area contributed by atoms with E-state index in [-0.39, 0.29) is 11.7 Å². The zero-order valence-electron chi connectivity index (χ0n) is 37.3. The Bertz CT molecular complexity index is 2030. The maximum Gasteiger partial charge on any atom is 0.460 e. The second kappa shape index (κ2) is 23.0. The van der Waals surface area contributed by atoms with Crippen LogP contribution in [0.25, 0.3) is 0 Å². The van der Waals surface area contributed by atoms with Crippen molar-refractivity contribution < 1.29 is 108 Å². The lowest BCUT2D eigenvalue weighted by atomic mass is 9.88. The first-order valence-corrected chi connectivity index (χ1v) is 22.7. The van der Waals surface area contributed by atoms with Crippen LogP contribution in [-0.2, 0) is 14.0 Å². The van der Waals surface area contributed by atoms with Crippen LogP contribution in [0.5, 0.6) is 11.5 Å². The van der Waals surface area contributed by atoms with Gasteiger partial charge in [0.25, 0.3) is 5.91 Å². The number of hydroxylamine groups is 1. The number of hydrogen-bond acceptors (Lipinski definition) is 7. The lowest BCUT2D eigenvalue weighted by Crippen LogP contribution is -2.74. The first-order chi connectivity index (χ1) is 31.5. The van der Waals surface area contributed by atoms with Gasteiger partial charge in [0, 0.05) is 18.2 Å². The second-order valence-corrected chi connectivity index (χ2v) is 21.2. The maximum absolute atomic E-state index is 15.0. The van der Waals surface area contributed by atoms with Gasteiger partial charge in [-0.1, -0.05) is 65.0 Å². The van der Waals surface area contributed by atoms with E-state index < -0.39 is 111 Å². The Labute approximate surface area is 385 Å². The fourth-order valence-electron chi connectivity index (χ4n) is 6.82. The normalized spacial score (nSPS) is 14.9. The van der Waals surface area contributed by atoms with Crippen LogP contribution in [0.2, 0.25) is 17.1 Å². The Kier molecular flexibility index (Phi) is 20.1. The van der Waals surface area contributed by atoms with Crippen LogP contribution < -0.4 is 20.3 Å². The first kappa shape index (κ1) is 60.3. The minimum Gasteiger partial charge on any atom is -0.497 e. The van der Waals surface area contributed by atoms with E-state index in [9.17, 15) is 75.4 Å². The SMILES string of the molecule is COc1ccc(NC(=O)O[C@H](c2ccc(OCCO[Si](CCC(F)(F)C(F)(F)C(F)(F)C(F)(F)C(F)(F)C(F)(F)C(F)(F)C(F)(F)F)(C(C)C)C(C)C)cc2)[C@H](C)CC/C=C/C=C/C(=O)NO)cc1. The summed E-state index contributed by atoms with van der Waals surface area (Å²) in [5.41, 5.74) is 0.478. The summed E-state index contributed by atoms with van der Waals surface area (Å²) in [5, 5.41) is 11.2. The molecular formula is C42H49F17N2O7Si. The van der Waals surface area contributed by atoms with Crippen molar-refractivity contribution in [2.24, 2.45) is 5.92 Å². The Morgan fingerprint density at radius 1 is 0.667 bits per heavy atom. The van der Waals surface area contributed by atoms with Gasteiger partial charge in [-0.2, -0.15) is 74.6 Å². The number of halogens is 17. The van der Waals surface area contributed by atoms with Crippen molar-refractivity contribution in [3.63, 3.8) is 0 Å². The average molecular weight is 1040 g/mol. The van der Waals surface area contributed by atoms with Crippen molar-refractivity contribution in [1.29, 1.82) is 0 Å². The van der Waals surface area contributed by atoms with Gasteiger partial charge in [0.15, 0.2) is 8.32 Å². The van der Waals surface area contributed by atoms with Crippen LogP contribution in [0.3, 0.4) is 0 Å². The van der Waals surface area contributed by atoms with E-state index in [0.717, 1.165) is 6.08 Å². The Balaban J connectivity index is 2.29. The van der Waals surface area contributed by atoms with Crippen molar-refractivity contribution in [3.8, 4) is 11.5 Å². The van der Waals surface area contributed by atoms with Crippen molar-refractivity contribution >= 4 is 26.0 Å². The monoisotopic (exact) mass is 1040 g/mol. The molecule has 2 aromatic carbocycles. The molecule has 2 aromatic rings. The first-order valence-electron chi connectivity index (χ1n) is 20.4. The molecule has 0 spiro atoms. The second-order valence-electron chi connectivity index (χ2n) is 16.2.